The second kappa shape index (κ2) is 6.39. The van der Waals surface area contributed by atoms with E-state index in [4.69, 9.17) is 5.14 Å². The molecule has 0 saturated carbocycles. The number of rotatable bonds is 2. The van der Waals surface area contributed by atoms with Gasteiger partial charge in [0.15, 0.2) is 0 Å². The Kier molecular flexibility index (Phi) is 4.40. The van der Waals surface area contributed by atoms with Crippen LogP contribution in [0.25, 0.3) is 0 Å². The van der Waals surface area contributed by atoms with Crippen LogP contribution in [-0.4, -0.2) is 20.4 Å². The molecule has 4 rings (SSSR count). The Morgan fingerprint density at radius 2 is 1.85 bits per heavy atom. The van der Waals surface area contributed by atoms with Gasteiger partial charge in [-0.15, -0.1) is 0 Å². The van der Waals surface area contributed by atoms with Gasteiger partial charge in [-0.25, -0.2) is 17.9 Å². The van der Waals surface area contributed by atoms with E-state index in [0.29, 0.717) is 30.5 Å². The van der Waals surface area contributed by atoms with Gasteiger partial charge in [-0.1, -0.05) is 22.0 Å². The number of hydrogen-bond donors (Lipinski definition) is 1. The van der Waals surface area contributed by atoms with Crippen molar-refractivity contribution in [3.63, 3.8) is 0 Å². The van der Waals surface area contributed by atoms with E-state index in [1.165, 1.54) is 12.1 Å². The number of nitrogens with two attached hydrogens (primary N) is 1. The minimum absolute atomic E-state index is 0.0689. The van der Waals surface area contributed by atoms with E-state index in [1.54, 1.807) is 4.90 Å². The minimum Gasteiger partial charge on any atom is -0.309 e. The maximum atomic E-state index is 14.1. The number of amides is 1. The zero-order valence-electron chi connectivity index (χ0n) is 14.6. The van der Waals surface area contributed by atoms with Crippen LogP contribution in [0.1, 0.15) is 23.6 Å². The fraction of sp³-hybridized carbons (Fsp3) is 0.316. The molecule has 0 spiro atoms. The van der Waals surface area contributed by atoms with Gasteiger partial charge in [-0.05, 0) is 67.1 Å². The van der Waals surface area contributed by atoms with Crippen LogP contribution < -0.4 is 10.0 Å². The second-order valence-electron chi connectivity index (χ2n) is 7.24. The zero-order chi connectivity index (χ0) is 19.5. The molecule has 0 bridgehead atoms. The molecular formula is C19H18BrFN2O3S. The van der Waals surface area contributed by atoms with Crippen molar-refractivity contribution >= 4 is 37.5 Å². The maximum Gasteiger partial charge on any atom is 0.241 e. The first-order valence-electron chi connectivity index (χ1n) is 8.60. The van der Waals surface area contributed by atoms with Gasteiger partial charge < -0.3 is 4.90 Å². The highest BCUT2D eigenvalue weighted by molar-refractivity contribution is 9.10. The summed E-state index contributed by atoms with van der Waals surface area (Å²) in [5.74, 6) is -1.16. The molecule has 142 valence electrons. The Morgan fingerprint density at radius 3 is 2.56 bits per heavy atom. The van der Waals surface area contributed by atoms with E-state index in [1.807, 2.05) is 25.1 Å². The summed E-state index contributed by atoms with van der Waals surface area (Å²) in [7, 11) is -4.21. The first kappa shape index (κ1) is 18.6. The average Bonchev–Trinajstić information content (AvgIpc) is 3.11. The molecule has 0 aromatic heterocycles. The van der Waals surface area contributed by atoms with Gasteiger partial charge in [-0.2, -0.15) is 0 Å². The van der Waals surface area contributed by atoms with E-state index in [9.17, 15) is 17.6 Å². The zero-order valence-corrected chi connectivity index (χ0v) is 17.0. The van der Waals surface area contributed by atoms with Crippen molar-refractivity contribution in [2.75, 3.05) is 4.90 Å². The molecule has 2 N–H and O–H groups in total. The molecule has 8 heteroatoms. The predicted octanol–water partition coefficient (Wildman–Crippen LogP) is 2.93. The highest BCUT2D eigenvalue weighted by Gasteiger charge is 2.38. The summed E-state index contributed by atoms with van der Waals surface area (Å²) in [4.78, 5) is 14.3. The molecule has 0 saturated heterocycles. The monoisotopic (exact) mass is 452 g/mol. The van der Waals surface area contributed by atoms with Crippen LogP contribution in [0.15, 0.2) is 39.7 Å². The minimum atomic E-state index is -4.21. The molecule has 2 aromatic rings. The number of anilines is 1. The number of sulfonamides is 1. The molecular weight excluding hydrogens is 435 g/mol. The van der Waals surface area contributed by atoms with Crippen LogP contribution in [0, 0.1) is 11.7 Å². The molecule has 2 atom stereocenters. The molecule has 0 fully saturated rings. The van der Waals surface area contributed by atoms with Crippen molar-refractivity contribution in [3.8, 4) is 0 Å². The second-order valence-corrected chi connectivity index (χ2v) is 9.68. The molecule has 0 radical (unpaired) electrons. The predicted molar refractivity (Wildman–Crippen MR) is 103 cm³/mol. The van der Waals surface area contributed by atoms with Gasteiger partial charge in [0.1, 0.15) is 10.7 Å². The quantitative estimate of drug-likeness (QED) is 0.760. The normalized spacial score (nSPS) is 21.3. The molecule has 5 nitrogen and oxygen atoms in total. The van der Waals surface area contributed by atoms with Crippen molar-refractivity contribution < 1.29 is 17.6 Å². The highest BCUT2D eigenvalue weighted by Crippen LogP contribution is 2.38. The number of carbonyl (C=O) groups excluding carboxylic acids is 1. The van der Waals surface area contributed by atoms with Crippen LogP contribution in [0.5, 0.6) is 0 Å². The average molecular weight is 453 g/mol. The van der Waals surface area contributed by atoms with Gasteiger partial charge in [0, 0.05) is 22.1 Å². The number of nitrogens with zero attached hydrogens (tertiary/aromatic N) is 1. The van der Waals surface area contributed by atoms with Crippen molar-refractivity contribution in [2.45, 2.75) is 37.1 Å². The first-order valence-corrected chi connectivity index (χ1v) is 10.9. The Balaban J connectivity index is 1.69. The van der Waals surface area contributed by atoms with Crippen LogP contribution in [0.4, 0.5) is 10.1 Å². The lowest BCUT2D eigenvalue weighted by Crippen LogP contribution is -2.40. The van der Waals surface area contributed by atoms with Gasteiger partial charge in [0.25, 0.3) is 0 Å². The number of hydrogen-bond acceptors (Lipinski definition) is 3. The summed E-state index contributed by atoms with van der Waals surface area (Å²) in [6, 6.07) is 8.21. The van der Waals surface area contributed by atoms with E-state index < -0.39 is 20.7 Å². The van der Waals surface area contributed by atoms with Crippen LogP contribution >= 0.6 is 15.9 Å². The topological polar surface area (TPSA) is 80.5 Å². The van der Waals surface area contributed by atoms with E-state index in [2.05, 4.69) is 15.9 Å². The third-order valence-corrected chi connectivity index (χ3v) is 6.76. The fourth-order valence-electron chi connectivity index (χ4n) is 4.13. The van der Waals surface area contributed by atoms with Gasteiger partial charge in [-0.3, -0.25) is 4.79 Å². The molecule has 27 heavy (non-hydrogen) atoms. The Bertz CT molecular complexity index is 1070. The fourth-order valence-corrected chi connectivity index (χ4v) is 5.15. The molecule has 1 heterocycles. The van der Waals surface area contributed by atoms with E-state index >= 15 is 0 Å². The third kappa shape index (κ3) is 3.19. The Labute approximate surface area is 165 Å². The van der Waals surface area contributed by atoms with E-state index in [-0.39, 0.29) is 17.9 Å². The summed E-state index contributed by atoms with van der Waals surface area (Å²) in [5, 5.41) is 5.13. The number of carbonyl (C=O) groups is 1. The molecule has 2 aliphatic rings. The summed E-state index contributed by atoms with van der Waals surface area (Å²) in [6.07, 6.45) is 1.76. The third-order valence-electron chi connectivity index (χ3n) is 5.34. The lowest BCUT2D eigenvalue weighted by molar-refractivity contribution is -0.122. The summed E-state index contributed by atoms with van der Waals surface area (Å²) >= 11 is 3.45. The van der Waals surface area contributed by atoms with E-state index in [0.717, 1.165) is 15.6 Å². The van der Waals surface area contributed by atoms with Gasteiger partial charge >= 0.3 is 0 Å². The number of primary sulfonamides is 1. The summed E-state index contributed by atoms with van der Waals surface area (Å²) < 4.78 is 38.5. The van der Waals surface area contributed by atoms with Gasteiger partial charge in [0.2, 0.25) is 15.9 Å². The Morgan fingerprint density at radius 1 is 1.15 bits per heavy atom. The van der Waals surface area contributed by atoms with Crippen molar-refractivity contribution in [1.82, 2.24) is 0 Å². The van der Waals surface area contributed by atoms with Crippen LogP contribution in [0.2, 0.25) is 0 Å². The number of fused-ring (bicyclic) bond motifs is 2. The lowest BCUT2D eigenvalue weighted by Gasteiger charge is -2.26. The smallest absolute Gasteiger partial charge is 0.241 e. The summed E-state index contributed by atoms with van der Waals surface area (Å²) in [6.45, 7) is 1.88. The largest absolute Gasteiger partial charge is 0.309 e. The highest BCUT2D eigenvalue weighted by atomic mass is 79.9. The standard InChI is InChI=1S/C19H18BrFN2O3S/c1-10-4-13-8-16(21)18(27(22,25)26)9-17(13)23(10)19(24)14-5-11-2-3-15(20)7-12(11)6-14/h2-3,7-10,14H,4-6H2,1H3,(H2,22,25,26)/t10-,14?/m1/s1. The number of halogens is 2. The number of benzene rings is 2. The molecule has 1 aliphatic heterocycles. The van der Waals surface area contributed by atoms with Crippen molar-refractivity contribution in [2.24, 2.45) is 11.1 Å². The molecule has 1 aliphatic carbocycles. The first-order chi connectivity index (χ1) is 12.6. The lowest BCUT2D eigenvalue weighted by atomic mass is 10.0. The molecule has 1 amide bonds. The SMILES string of the molecule is C[C@@H]1Cc2cc(F)c(S(N)(=O)=O)cc2N1C(=O)C1Cc2ccc(Br)cc2C1. The Hall–Kier alpha value is -1.77. The maximum absolute atomic E-state index is 14.1. The van der Waals surface area contributed by atoms with Crippen LogP contribution in [-0.2, 0) is 34.1 Å². The van der Waals surface area contributed by atoms with Crippen molar-refractivity contribution in [3.05, 3.63) is 57.3 Å². The van der Waals surface area contributed by atoms with Crippen molar-refractivity contribution in [1.29, 1.82) is 0 Å². The molecule has 1 unspecified atom stereocenters. The summed E-state index contributed by atoms with van der Waals surface area (Å²) in [5.41, 5.74) is 3.35. The van der Waals surface area contributed by atoms with Crippen LogP contribution in [0.3, 0.4) is 0 Å². The molecule has 2 aromatic carbocycles. The van der Waals surface area contributed by atoms with Gasteiger partial charge in [0.05, 0.1) is 0 Å².